The van der Waals surface area contributed by atoms with Crippen LogP contribution in [0.1, 0.15) is 17.5 Å². The lowest BCUT2D eigenvalue weighted by Crippen LogP contribution is -2.12. The average molecular weight is 307 g/mol. The summed E-state index contributed by atoms with van der Waals surface area (Å²) in [5, 5.41) is 1.33. The van der Waals surface area contributed by atoms with Crippen LogP contribution < -0.4 is 10.5 Å². The van der Waals surface area contributed by atoms with Gasteiger partial charge in [0.2, 0.25) is 0 Å². The summed E-state index contributed by atoms with van der Waals surface area (Å²) in [4.78, 5) is 3.97. The zero-order valence-corrected chi connectivity index (χ0v) is 11.9. The molecule has 2 aromatic heterocycles. The van der Waals surface area contributed by atoms with Gasteiger partial charge in [-0.25, -0.2) is 4.39 Å². The maximum atomic E-state index is 12.9. The monoisotopic (exact) mass is 306 g/mol. The fourth-order valence-corrected chi connectivity index (χ4v) is 2.34. The summed E-state index contributed by atoms with van der Waals surface area (Å²) in [5.41, 5.74) is 7.19. The van der Waals surface area contributed by atoms with E-state index < -0.39 is 11.9 Å². The number of halogens is 2. The number of furan rings is 1. The Morgan fingerprint density at radius 2 is 2.14 bits per heavy atom. The van der Waals surface area contributed by atoms with Gasteiger partial charge < -0.3 is 14.9 Å². The Balaban J connectivity index is 2.06. The van der Waals surface area contributed by atoms with Crippen LogP contribution in [0.15, 0.2) is 40.9 Å². The van der Waals surface area contributed by atoms with Gasteiger partial charge in [-0.2, -0.15) is 0 Å². The molecule has 21 heavy (non-hydrogen) atoms. The molecule has 3 aromatic rings. The predicted octanol–water partition coefficient (Wildman–Crippen LogP) is 3.68. The number of nitrogens with two attached hydrogens (primary N) is 1. The van der Waals surface area contributed by atoms with E-state index in [1.807, 2.05) is 0 Å². The molecule has 6 heteroatoms. The van der Waals surface area contributed by atoms with E-state index in [1.165, 1.54) is 19.2 Å². The number of rotatable bonds is 3. The molecule has 4 nitrogen and oxygen atoms in total. The van der Waals surface area contributed by atoms with Crippen LogP contribution in [0.25, 0.3) is 11.0 Å². The van der Waals surface area contributed by atoms with Crippen molar-refractivity contribution in [2.45, 2.75) is 6.04 Å². The van der Waals surface area contributed by atoms with Crippen molar-refractivity contribution >= 4 is 22.6 Å². The van der Waals surface area contributed by atoms with Crippen molar-refractivity contribution in [1.29, 1.82) is 0 Å². The van der Waals surface area contributed by atoms with Crippen molar-refractivity contribution in [3.63, 3.8) is 0 Å². The highest BCUT2D eigenvalue weighted by atomic mass is 35.5. The van der Waals surface area contributed by atoms with E-state index >= 15 is 0 Å². The minimum atomic E-state index is -0.596. The SMILES string of the molecule is COc1cc(Cl)cc2cc(C(N)c3ccc(F)cn3)oc12. The van der Waals surface area contributed by atoms with Crippen molar-refractivity contribution < 1.29 is 13.5 Å². The molecule has 1 atom stereocenters. The Kier molecular flexibility index (Phi) is 3.53. The zero-order chi connectivity index (χ0) is 15.0. The molecule has 108 valence electrons. The predicted molar refractivity (Wildman–Crippen MR) is 78.0 cm³/mol. The summed E-state index contributed by atoms with van der Waals surface area (Å²) in [5.74, 6) is 0.622. The normalized spacial score (nSPS) is 12.6. The second-order valence-corrected chi connectivity index (χ2v) is 4.99. The Hall–Kier alpha value is -2.11. The van der Waals surface area contributed by atoms with Crippen LogP contribution in [0.2, 0.25) is 5.02 Å². The summed E-state index contributed by atoms with van der Waals surface area (Å²) in [6.45, 7) is 0. The van der Waals surface area contributed by atoms with Gasteiger partial charge in [0.1, 0.15) is 17.6 Å². The molecule has 0 spiro atoms. The number of methoxy groups -OCH3 is 1. The number of hydrogen-bond acceptors (Lipinski definition) is 4. The van der Waals surface area contributed by atoms with Crippen LogP contribution >= 0.6 is 11.6 Å². The zero-order valence-electron chi connectivity index (χ0n) is 11.1. The highest BCUT2D eigenvalue weighted by Gasteiger charge is 2.18. The van der Waals surface area contributed by atoms with E-state index in [0.29, 0.717) is 27.8 Å². The molecule has 0 radical (unpaired) electrons. The van der Waals surface area contributed by atoms with Gasteiger partial charge in [0, 0.05) is 16.5 Å². The molecule has 0 aliphatic carbocycles. The Morgan fingerprint density at radius 3 is 2.81 bits per heavy atom. The summed E-state index contributed by atoms with van der Waals surface area (Å²) in [6, 6.07) is 7.44. The van der Waals surface area contributed by atoms with E-state index in [2.05, 4.69) is 4.98 Å². The molecule has 0 aliphatic heterocycles. The quantitative estimate of drug-likeness (QED) is 0.802. The molecule has 3 rings (SSSR count). The number of ether oxygens (including phenoxy) is 1. The van der Waals surface area contributed by atoms with Gasteiger partial charge in [-0.15, -0.1) is 0 Å². The first-order valence-electron chi connectivity index (χ1n) is 6.22. The number of hydrogen-bond donors (Lipinski definition) is 1. The van der Waals surface area contributed by atoms with Gasteiger partial charge >= 0.3 is 0 Å². The highest BCUT2D eigenvalue weighted by Crippen LogP contribution is 2.34. The first-order valence-corrected chi connectivity index (χ1v) is 6.60. The van der Waals surface area contributed by atoms with Crippen molar-refractivity contribution in [1.82, 2.24) is 4.98 Å². The van der Waals surface area contributed by atoms with Crippen LogP contribution in [-0.2, 0) is 0 Å². The minimum absolute atomic E-state index is 0.413. The van der Waals surface area contributed by atoms with E-state index in [4.69, 9.17) is 26.5 Å². The first kappa shape index (κ1) is 13.9. The molecule has 2 heterocycles. The number of aromatic nitrogens is 1. The molecular weight excluding hydrogens is 295 g/mol. The molecule has 1 unspecified atom stereocenters. The highest BCUT2D eigenvalue weighted by molar-refractivity contribution is 6.31. The standard InChI is InChI=1S/C15H12ClFN2O2/c1-20-13-6-9(16)4-8-5-12(21-15(8)13)14(18)11-3-2-10(17)7-19-11/h2-7,14H,18H2,1H3. The third kappa shape index (κ3) is 2.57. The van der Waals surface area contributed by atoms with Gasteiger partial charge in [-0.3, -0.25) is 4.98 Å². The van der Waals surface area contributed by atoms with Gasteiger partial charge in [0.15, 0.2) is 11.3 Å². The summed E-state index contributed by atoms with van der Waals surface area (Å²) in [7, 11) is 1.54. The van der Waals surface area contributed by atoms with Crippen LogP contribution in [0.5, 0.6) is 5.75 Å². The summed E-state index contributed by atoms with van der Waals surface area (Å²) in [6.07, 6.45) is 1.12. The largest absolute Gasteiger partial charge is 0.493 e. The third-order valence-electron chi connectivity index (χ3n) is 3.16. The maximum absolute atomic E-state index is 12.9. The van der Waals surface area contributed by atoms with Crippen LogP contribution in [0, 0.1) is 5.82 Å². The lowest BCUT2D eigenvalue weighted by atomic mass is 10.1. The molecule has 0 saturated carbocycles. The second kappa shape index (κ2) is 5.35. The van der Waals surface area contributed by atoms with Crippen LogP contribution in [0.4, 0.5) is 4.39 Å². The van der Waals surface area contributed by atoms with E-state index in [-0.39, 0.29) is 0 Å². The number of benzene rings is 1. The van der Waals surface area contributed by atoms with Crippen LogP contribution in [0.3, 0.4) is 0 Å². The first-order chi connectivity index (χ1) is 10.1. The van der Waals surface area contributed by atoms with Crippen molar-refractivity contribution in [2.75, 3.05) is 7.11 Å². The minimum Gasteiger partial charge on any atom is -0.493 e. The van der Waals surface area contributed by atoms with Gasteiger partial charge in [0.05, 0.1) is 19.0 Å². The summed E-state index contributed by atoms with van der Waals surface area (Å²) >= 11 is 6.02. The smallest absolute Gasteiger partial charge is 0.176 e. The van der Waals surface area contributed by atoms with E-state index in [9.17, 15) is 4.39 Å². The Labute approximate surface area is 125 Å². The molecule has 1 aromatic carbocycles. The molecule has 0 aliphatic rings. The number of pyridine rings is 1. The fraction of sp³-hybridized carbons (Fsp3) is 0.133. The van der Waals surface area contributed by atoms with Gasteiger partial charge in [0.25, 0.3) is 0 Å². The van der Waals surface area contributed by atoms with Crippen LogP contribution in [-0.4, -0.2) is 12.1 Å². The molecule has 0 amide bonds. The molecule has 0 fully saturated rings. The average Bonchev–Trinajstić information content (AvgIpc) is 2.90. The Morgan fingerprint density at radius 1 is 1.33 bits per heavy atom. The molecule has 2 N–H and O–H groups in total. The number of nitrogens with zero attached hydrogens (tertiary/aromatic N) is 1. The van der Waals surface area contributed by atoms with Crippen molar-refractivity contribution in [3.05, 3.63) is 58.8 Å². The fourth-order valence-electron chi connectivity index (χ4n) is 2.13. The number of fused-ring (bicyclic) bond motifs is 1. The Bertz CT molecular complexity index is 786. The topological polar surface area (TPSA) is 61.3 Å². The molecule has 0 bridgehead atoms. The van der Waals surface area contributed by atoms with Gasteiger partial charge in [-0.05, 0) is 24.3 Å². The second-order valence-electron chi connectivity index (χ2n) is 4.55. The van der Waals surface area contributed by atoms with E-state index in [0.717, 1.165) is 11.6 Å². The maximum Gasteiger partial charge on any atom is 0.176 e. The lowest BCUT2D eigenvalue weighted by molar-refractivity contribution is 0.406. The molecule has 0 saturated heterocycles. The molecular formula is C15H12ClFN2O2. The summed E-state index contributed by atoms with van der Waals surface area (Å²) < 4.78 is 23.9. The van der Waals surface area contributed by atoms with E-state index in [1.54, 1.807) is 18.2 Å². The lowest BCUT2D eigenvalue weighted by Gasteiger charge is -2.07. The van der Waals surface area contributed by atoms with Crippen molar-refractivity contribution in [2.24, 2.45) is 5.73 Å². The third-order valence-corrected chi connectivity index (χ3v) is 3.38. The van der Waals surface area contributed by atoms with Crippen molar-refractivity contribution in [3.8, 4) is 5.75 Å². The van der Waals surface area contributed by atoms with Gasteiger partial charge in [-0.1, -0.05) is 11.6 Å².